The van der Waals surface area contributed by atoms with Crippen molar-refractivity contribution in [2.24, 2.45) is 0 Å². The highest BCUT2D eigenvalue weighted by atomic mass is 35.5. The Labute approximate surface area is 86.3 Å². The van der Waals surface area contributed by atoms with Gasteiger partial charge in [-0.2, -0.15) is 4.68 Å². The number of nitrogens with zero attached hydrogens (tertiary/aromatic N) is 3. The predicted octanol–water partition coefficient (Wildman–Crippen LogP) is 1.81. The van der Waals surface area contributed by atoms with Gasteiger partial charge in [0.05, 0.1) is 5.69 Å². The number of nitrogens with two attached hydrogens (primary N) is 1. The first-order valence-corrected chi connectivity index (χ1v) is 4.50. The number of anilines is 1. The molecule has 0 bridgehead atoms. The van der Waals surface area contributed by atoms with Crippen LogP contribution in [0.3, 0.4) is 0 Å². The average Bonchev–Trinajstić information content (AvgIpc) is 2.50. The summed E-state index contributed by atoms with van der Waals surface area (Å²) < 4.78 is 1.58. The summed E-state index contributed by atoms with van der Waals surface area (Å²) in [6, 6.07) is 7.25. The number of rotatable bonds is 1. The zero-order valence-corrected chi connectivity index (χ0v) is 8.36. The van der Waals surface area contributed by atoms with Gasteiger partial charge in [-0.1, -0.05) is 16.8 Å². The topological polar surface area (TPSA) is 56.7 Å². The molecule has 1 aromatic carbocycles. The first kappa shape index (κ1) is 9.02. The molecule has 0 aliphatic carbocycles. The van der Waals surface area contributed by atoms with Crippen molar-refractivity contribution >= 4 is 17.4 Å². The van der Waals surface area contributed by atoms with Crippen LogP contribution in [0.5, 0.6) is 0 Å². The second kappa shape index (κ2) is 3.31. The van der Waals surface area contributed by atoms with Gasteiger partial charge < -0.3 is 5.73 Å². The first-order chi connectivity index (χ1) is 6.68. The number of halogens is 1. The highest BCUT2D eigenvalue weighted by Gasteiger charge is 2.06. The summed E-state index contributed by atoms with van der Waals surface area (Å²) in [4.78, 5) is 0. The largest absolute Gasteiger partial charge is 0.382 e. The van der Waals surface area contributed by atoms with Crippen molar-refractivity contribution in [1.82, 2.24) is 15.0 Å². The van der Waals surface area contributed by atoms with E-state index in [0.29, 0.717) is 10.8 Å². The van der Waals surface area contributed by atoms with Gasteiger partial charge in [0.15, 0.2) is 5.82 Å². The monoisotopic (exact) mass is 208 g/mol. The van der Waals surface area contributed by atoms with Crippen LogP contribution in [0.15, 0.2) is 24.3 Å². The second-order valence-electron chi connectivity index (χ2n) is 2.95. The molecule has 0 amide bonds. The maximum absolute atomic E-state index is 5.78. The van der Waals surface area contributed by atoms with Gasteiger partial charge >= 0.3 is 0 Å². The lowest BCUT2D eigenvalue weighted by Crippen LogP contribution is -2.01. The van der Waals surface area contributed by atoms with Gasteiger partial charge in [0.25, 0.3) is 0 Å². The minimum absolute atomic E-state index is 0.548. The molecule has 1 aromatic heterocycles. The lowest BCUT2D eigenvalue weighted by Gasteiger charge is -2.02. The van der Waals surface area contributed by atoms with Crippen molar-refractivity contribution in [3.8, 4) is 5.69 Å². The van der Waals surface area contributed by atoms with Crippen LogP contribution in [0.2, 0.25) is 5.02 Å². The van der Waals surface area contributed by atoms with Gasteiger partial charge in [-0.05, 0) is 31.2 Å². The standard InChI is InChI=1S/C9H9ClN4/c1-6-9(11)14(13-12-6)8-4-2-7(10)3-5-8/h2-5H,11H2,1H3. The van der Waals surface area contributed by atoms with E-state index in [1.54, 1.807) is 16.8 Å². The summed E-state index contributed by atoms with van der Waals surface area (Å²) in [5.41, 5.74) is 7.35. The van der Waals surface area contributed by atoms with Crippen LogP contribution in [0.4, 0.5) is 5.82 Å². The second-order valence-corrected chi connectivity index (χ2v) is 3.38. The maximum Gasteiger partial charge on any atom is 0.150 e. The molecule has 2 aromatic rings. The van der Waals surface area contributed by atoms with E-state index in [-0.39, 0.29) is 0 Å². The van der Waals surface area contributed by atoms with Crippen LogP contribution in [0.25, 0.3) is 5.69 Å². The normalized spacial score (nSPS) is 10.4. The van der Waals surface area contributed by atoms with Gasteiger partial charge in [0.2, 0.25) is 0 Å². The van der Waals surface area contributed by atoms with Gasteiger partial charge in [-0.15, -0.1) is 5.10 Å². The molecule has 0 fully saturated rings. The fraction of sp³-hybridized carbons (Fsp3) is 0.111. The Morgan fingerprint density at radius 1 is 1.29 bits per heavy atom. The summed E-state index contributed by atoms with van der Waals surface area (Å²) in [6.07, 6.45) is 0. The third-order valence-corrected chi connectivity index (χ3v) is 2.21. The summed E-state index contributed by atoms with van der Waals surface area (Å²) in [5, 5.41) is 8.47. The van der Waals surface area contributed by atoms with Crippen molar-refractivity contribution in [3.05, 3.63) is 35.0 Å². The van der Waals surface area contributed by atoms with Gasteiger partial charge in [0.1, 0.15) is 5.69 Å². The summed E-state index contributed by atoms with van der Waals surface area (Å²) >= 11 is 5.77. The fourth-order valence-electron chi connectivity index (χ4n) is 1.14. The summed E-state index contributed by atoms with van der Waals surface area (Å²) in [6.45, 7) is 1.81. The zero-order valence-electron chi connectivity index (χ0n) is 7.61. The fourth-order valence-corrected chi connectivity index (χ4v) is 1.26. The van der Waals surface area contributed by atoms with E-state index in [9.17, 15) is 0 Å². The Bertz CT molecular complexity index is 446. The van der Waals surface area contributed by atoms with Crippen molar-refractivity contribution in [3.63, 3.8) is 0 Å². The van der Waals surface area contributed by atoms with Gasteiger partial charge in [0, 0.05) is 5.02 Å². The number of aromatic nitrogens is 3. The molecule has 0 aliphatic heterocycles. The van der Waals surface area contributed by atoms with E-state index in [1.165, 1.54) is 0 Å². The molecule has 14 heavy (non-hydrogen) atoms. The lowest BCUT2D eigenvalue weighted by molar-refractivity contribution is 0.806. The molecule has 4 nitrogen and oxygen atoms in total. The van der Waals surface area contributed by atoms with Crippen molar-refractivity contribution in [1.29, 1.82) is 0 Å². The van der Waals surface area contributed by atoms with E-state index < -0.39 is 0 Å². The average molecular weight is 209 g/mol. The Balaban J connectivity index is 2.49. The molecule has 2 N–H and O–H groups in total. The van der Waals surface area contributed by atoms with Crippen molar-refractivity contribution < 1.29 is 0 Å². The van der Waals surface area contributed by atoms with Crippen LogP contribution in [0, 0.1) is 6.92 Å². The van der Waals surface area contributed by atoms with E-state index >= 15 is 0 Å². The highest BCUT2D eigenvalue weighted by Crippen LogP contribution is 2.16. The lowest BCUT2D eigenvalue weighted by atomic mass is 10.3. The van der Waals surface area contributed by atoms with E-state index in [2.05, 4.69) is 10.3 Å². The zero-order chi connectivity index (χ0) is 10.1. The minimum atomic E-state index is 0.548. The van der Waals surface area contributed by atoms with Crippen LogP contribution in [0.1, 0.15) is 5.69 Å². The molecule has 2 rings (SSSR count). The van der Waals surface area contributed by atoms with Gasteiger partial charge in [-0.3, -0.25) is 0 Å². The molecule has 1 heterocycles. The van der Waals surface area contributed by atoms with Crippen LogP contribution in [-0.2, 0) is 0 Å². The van der Waals surface area contributed by atoms with Gasteiger partial charge in [-0.25, -0.2) is 0 Å². The van der Waals surface area contributed by atoms with Crippen molar-refractivity contribution in [2.45, 2.75) is 6.92 Å². The number of hydrogen-bond donors (Lipinski definition) is 1. The molecular weight excluding hydrogens is 200 g/mol. The van der Waals surface area contributed by atoms with E-state index in [1.807, 2.05) is 19.1 Å². The molecule has 0 radical (unpaired) electrons. The third-order valence-electron chi connectivity index (χ3n) is 1.95. The Hall–Kier alpha value is -1.55. The quantitative estimate of drug-likeness (QED) is 0.778. The molecule has 5 heteroatoms. The maximum atomic E-state index is 5.78. The van der Waals surface area contributed by atoms with Crippen LogP contribution >= 0.6 is 11.6 Å². The van der Waals surface area contributed by atoms with Crippen molar-refractivity contribution in [2.75, 3.05) is 5.73 Å². The Morgan fingerprint density at radius 2 is 1.93 bits per heavy atom. The minimum Gasteiger partial charge on any atom is -0.382 e. The number of benzene rings is 1. The SMILES string of the molecule is Cc1nnn(-c2ccc(Cl)cc2)c1N. The highest BCUT2D eigenvalue weighted by molar-refractivity contribution is 6.30. The first-order valence-electron chi connectivity index (χ1n) is 4.12. The number of nitrogen functional groups attached to an aromatic ring is 1. The molecule has 0 aliphatic rings. The molecular formula is C9H9ClN4. The molecule has 0 atom stereocenters. The van der Waals surface area contributed by atoms with Crippen LogP contribution < -0.4 is 5.73 Å². The molecule has 0 saturated heterocycles. The molecule has 0 spiro atoms. The molecule has 0 saturated carbocycles. The summed E-state index contributed by atoms with van der Waals surface area (Å²) in [5.74, 6) is 0.548. The Kier molecular flexibility index (Phi) is 2.13. The molecule has 0 unspecified atom stereocenters. The Morgan fingerprint density at radius 3 is 2.43 bits per heavy atom. The number of aryl methyl sites for hydroxylation is 1. The van der Waals surface area contributed by atoms with E-state index in [4.69, 9.17) is 17.3 Å². The van der Waals surface area contributed by atoms with Crippen LogP contribution in [-0.4, -0.2) is 15.0 Å². The number of hydrogen-bond acceptors (Lipinski definition) is 3. The smallest absolute Gasteiger partial charge is 0.150 e. The van der Waals surface area contributed by atoms with E-state index in [0.717, 1.165) is 11.4 Å². The predicted molar refractivity (Wildman–Crippen MR) is 55.5 cm³/mol. The third kappa shape index (κ3) is 1.44. The summed E-state index contributed by atoms with van der Waals surface area (Å²) in [7, 11) is 0. The molecule has 72 valence electrons.